The van der Waals surface area contributed by atoms with Gasteiger partial charge in [0.25, 0.3) is 0 Å². The summed E-state index contributed by atoms with van der Waals surface area (Å²) in [7, 11) is 0.982. The molecule has 0 saturated carbocycles. The second-order valence-corrected chi connectivity index (χ2v) is 7.65. The maximum atomic E-state index is 12.2. The minimum absolute atomic E-state index is 0. The molecule has 172 valence electrons. The maximum Gasteiger partial charge on any atom is 0.242 e. The van der Waals surface area contributed by atoms with E-state index in [0.29, 0.717) is 35.4 Å². The number of pyridine rings is 1. The number of aliphatic imine (C=N–C) groups is 1. The van der Waals surface area contributed by atoms with Gasteiger partial charge in [-0.15, -0.1) is 24.0 Å². The molecule has 0 amide bonds. The Morgan fingerprint density at radius 2 is 1.81 bits per heavy atom. The average molecular weight is 565 g/mol. The molecule has 0 atom stereocenters. The van der Waals surface area contributed by atoms with Crippen LogP contribution in [0.4, 0.5) is 5.69 Å². The zero-order valence-corrected chi connectivity index (χ0v) is 21.0. The van der Waals surface area contributed by atoms with Crippen LogP contribution in [0.2, 0.25) is 0 Å². The number of halogens is 1. The summed E-state index contributed by atoms with van der Waals surface area (Å²) >= 11 is 0. The number of ether oxygens (including phenoxy) is 3. The number of rotatable bonds is 10. The second kappa shape index (κ2) is 13.2. The number of benzene rings is 1. The average Bonchev–Trinajstić information content (AvgIpc) is 2.76. The minimum Gasteiger partial charge on any atom is -0.493 e. The van der Waals surface area contributed by atoms with Crippen molar-refractivity contribution in [3.05, 3.63) is 36.7 Å². The number of hydrogen-bond acceptors (Lipinski definition) is 7. The highest BCUT2D eigenvalue weighted by molar-refractivity contribution is 14.0. The van der Waals surface area contributed by atoms with Crippen LogP contribution >= 0.6 is 24.0 Å². The van der Waals surface area contributed by atoms with Gasteiger partial charge in [0, 0.05) is 43.3 Å². The maximum absolute atomic E-state index is 12.2. The zero-order chi connectivity index (χ0) is 22.0. The molecule has 1 heterocycles. The van der Waals surface area contributed by atoms with Crippen LogP contribution in [0.1, 0.15) is 6.92 Å². The lowest BCUT2D eigenvalue weighted by Gasteiger charge is -2.16. The summed E-state index contributed by atoms with van der Waals surface area (Å²) in [6.07, 6.45) is 2.81. The van der Waals surface area contributed by atoms with Crippen molar-refractivity contribution >= 4 is 45.6 Å². The van der Waals surface area contributed by atoms with Crippen molar-refractivity contribution in [1.29, 1.82) is 0 Å². The van der Waals surface area contributed by atoms with E-state index in [2.05, 4.69) is 25.3 Å². The molecule has 0 saturated heterocycles. The Morgan fingerprint density at radius 1 is 1.13 bits per heavy atom. The van der Waals surface area contributed by atoms with Gasteiger partial charge in [-0.2, -0.15) is 0 Å². The summed E-state index contributed by atoms with van der Waals surface area (Å²) in [6.45, 7) is 2.90. The Hall–Kier alpha value is -2.32. The predicted molar refractivity (Wildman–Crippen MR) is 131 cm³/mol. The fourth-order valence-electron chi connectivity index (χ4n) is 2.53. The molecule has 0 fully saturated rings. The van der Waals surface area contributed by atoms with E-state index in [1.165, 1.54) is 39.8 Å². The van der Waals surface area contributed by atoms with Crippen molar-refractivity contribution in [2.24, 2.45) is 4.99 Å². The molecule has 0 spiro atoms. The standard InChI is InChI=1S/C19H27N5O5S.HI/c1-5-21-19(22-9-10-23-30(25,26)15-7-6-8-20-13-15)24-14-11-16(27-2)18(29-4)17(12-14)28-3;/h6-8,11-13,23H,5,9-10H2,1-4H3,(H2,21,22,24);1H. The Kier molecular flexibility index (Phi) is 11.3. The van der Waals surface area contributed by atoms with E-state index in [1.54, 1.807) is 18.2 Å². The number of guanidine groups is 1. The Balaban J connectivity index is 0.00000480. The largest absolute Gasteiger partial charge is 0.493 e. The van der Waals surface area contributed by atoms with Crippen LogP contribution in [-0.2, 0) is 10.0 Å². The van der Waals surface area contributed by atoms with Gasteiger partial charge in [-0.25, -0.2) is 13.1 Å². The summed E-state index contributed by atoms with van der Waals surface area (Å²) in [6, 6.07) is 6.55. The van der Waals surface area contributed by atoms with Crippen LogP contribution in [-0.4, -0.2) is 60.3 Å². The number of nitrogens with zero attached hydrogens (tertiary/aromatic N) is 2. The lowest BCUT2D eigenvalue weighted by atomic mass is 10.2. The SMILES string of the molecule is CCNC(=NCCNS(=O)(=O)c1cccnc1)Nc1cc(OC)c(OC)c(OC)c1.I. The first kappa shape index (κ1) is 26.7. The number of aromatic nitrogens is 1. The molecule has 1 aromatic carbocycles. The molecule has 0 radical (unpaired) electrons. The van der Waals surface area contributed by atoms with Crippen LogP contribution in [0.25, 0.3) is 0 Å². The number of methoxy groups -OCH3 is 3. The third kappa shape index (κ3) is 7.70. The summed E-state index contributed by atoms with van der Waals surface area (Å²) < 4.78 is 43.0. The van der Waals surface area contributed by atoms with Crippen molar-refractivity contribution in [2.45, 2.75) is 11.8 Å². The monoisotopic (exact) mass is 565 g/mol. The van der Waals surface area contributed by atoms with E-state index >= 15 is 0 Å². The first-order valence-corrected chi connectivity index (χ1v) is 10.7. The van der Waals surface area contributed by atoms with Gasteiger partial charge in [-0.3, -0.25) is 9.98 Å². The lowest BCUT2D eigenvalue weighted by molar-refractivity contribution is 0.324. The molecular weight excluding hydrogens is 537 g/mol. The van der Waals surface area contributed by atoms with Crippen LogP contribution in [0.15, 0.2) is 46.5 Å². The number of sulfonamides is 1. The molecule has 0 unspecified atom stereocenters. The van der Waals surface area contributed by atoms with E-state index < -0.39 is 10.0 Å². The van der Waals surface area contributed by atoms with Crippen molar-refractivity contribution in [3.8, 4) is 17.2 Å². The first-order chi connectivity index (χ1) is 14.4. The molecule has 0 aliphatic heterocycles. The van der Waals surface area contributed by atoms with Crippen molar-refractivity contribution in [1.82, 2.24) is 15.0 Å². The van der Waals surface area contributed by atoms with E-state index in [0.717, 1.165) is 0 Å². The molecule has 1 aromatic heterocycles. The molecule has 0 aliphatic carbocycles. The van der Waals surface area contributed by atoms with Gasteiger partial charge in [0.1, 0.15) is 4.90 Å². The fraction of sp³-hybridized carbons (Fsp3) is 0.368. The third-order valence-electron chi connectivity index (χ3n) is 3.89. The van der Waals surface area contributed by atoms with Crippen LogP contribution in [0.3, 0.4) is 0 Å². The molecule has 0 bridgehead atoms. The molecule has 3 N–H and O–H groups in total. The smallest absolute Gasteiger partial charge is 0.242 e. The van der Waals surface area contributed by atoms with Crippen LogP contribution in [0.5, 0.6) is 17.2 Å². The van der Waals surface area contributed by atoms with Crippen molar-refractivity contribution in [2.75, 3.05) is 46.3 Å². The van der Waals surface area contributed by atoms with Gasteiger partial charge in [-0.05, 0) is 19.1 Å². The minimum atomic E-state index is -3.62. The van der Waals surface area contributed by atoms with E-state index in [4.69, 9.17) is 14.2 Å². The highest BCUT2D eigenvalue weighted by Gasteiger charge is 2.15. The van der Waals surface area contributed by atoms with Crippen LogP contribution in [0, 0.1) is 0 Å². The van der Waals surface area contributed by atoms with Gasteiger partial charge < -0.3 is 24.8 Å². The number of anilines is 1. The van der Waals surface area contributed by atoms with Crippen molar-refractivity contribution in [3.63, 3.8) is 0 Å². The topological polar surface area (TPSA) is 123 Å². The molecule has 2 aromatic rings. The summed E-state index contributed by atoms with van der Waals surface area (Å²) in [4.78, 5) is 8.33. The highest BCUT2D eigenvalue weighted by atomic mass is 127. The summed E-state index contributed by atoms with van der Waals surface area (Å²) in [5, 5.41) is 6.25. The first-order valence-electron chi connectivity index (χ1n) is 9.20. The molecule has 12 heteroatoms. The van der Waals surface area contributed by atoms with Gasteiger partial charge in [-0.1, -0.05) is 0 Å². The second-order valence-electron chi connectivity index (χ2n) is 5.89. The number of hydrogen-bond donors (Lipinski definition) is 3. The highest BCUT2D eigenvalue weighted by Crippen LogP contribution is 2.39. The van der Waals surface area contributed by atoms with Crippen LogP contribution < -0.4 is 29.6 Å². The lowest BCUT2D eigenvalue weighted by Crippen LogP contribution is -2.32. The quantitative estimate of drug-likeness (QED) is 0.173. The summed E-state index contributed by atoms with van der Waals surface area (Å²) in [5.74, 6) is 1.96. The molecular formula is C19H28IN5O5S. The Labute approximate surface area is 199 Å². The van der Waals surface area contributed by atoms with Gasteiger partial charge in [0.05, 0.1) is 27.9 Å². The van der Waals surface area contributed by atoms with E-state index in [-0.39, 0.29) is 42.0 Å². The Bertz CT molecular complexity index is 932. The molecule has 31 heavy (non-hydrogen) atoms. The van der Waals surface area contributed by atoms with E-state index in [1.807, 2.05) is 6.92 Å². The van der Waals surface area contributed by atoms with E-state index in [9.17, 15) is 8.42 Å². The van der Waals surface area contributed by atoms with Gasteiger partial charge in [0.2, 0.25) is 15.8 Å². The molecule has 2 rings (SSSR count). The number of nitrogens with one attached hydrogen (secondary N) is 3. The molecule has 0 aliphatic rings. The normalized spacial score (nSPS) is 11.3. The summed E-state index contributed by atoms with van der Waals surface area (Å²) in [5.41, 5.74) is 0.667. The zero-order valence-electron chi connectivity index (χ0n) is 17.8. The van der Waals surface area contributed by atoms with Gasteiger partial charge >= 0.3 is 0 Å². The van der Waals surface area contributed by atoms with Gasteiger partial charge in [0.15, 0.2) is 17.5 Å². The fourth-order valence-corrected chi connectivity index (χ4v) is 3.52. The predicted octanol–water partition coefficient (Wildman–Crippen LogP) is 2.08. The van der Waals surface area contributed by atoms with Crippen molar-refractivity contribution < 1.29 is 22.6 Å². The molecule has 10 nitrogen and oxygen atoms in total. The third-order valence-corrected chi connectivity index (χ3v) is 5.34. The Morgan fingerprint density at radius 3 is 2.32 bits per heavy atom.